The summed E-state index contributed by atoms with van der Waals surface area (Å²) in [4.78, 5) is 11.0. The van der Waals surface area contributed by atoms with Crippen molar-refractivity contribution in [3.05, 3.63) is 33.8 Å². The lowest BCUT2D eigenvalue weighted by molar-refractivity contribution is -0.118. The molecule has 0 aliphatic rings. The lowest BCUT2D eigenvalue weighted by Crippen LogP contribution is -2.18. The average Bonchev–Trinajstić information content (AvgIpc) is 2.08. The molecule has 0 fully saturated rings. The van der Waals surface area contributed by atoms with Crippen molar-refractivity contribution in [1.82, 2.24) is 0 Å². The largest absolute Gasteiger partial charge is 0.318 e. The molecule has 0 bridgehead atoms. The Bertz CT molecular complexity index is 336. The van der Waals surface area contributed by atoms with Gasteiger partial charge in [-0.25, -0.2) is 0 Å². The molecule has 0 amide bonds. The molecule has 3 heteroatoms. The van der Waals surface area contributed by atoms with E-state index in [0.717, 1.165) is 15.6 Å². The summed E-state index contributed by atoms with van der Waals surface area (Å²) in [7, 11) is 0. The Labute approximate surface area is 86.3 Å². The van der Waals surface area contributed by atoms with Crippen LogP contribution in [0.1, 0.15) is 24.1 Å². The summed E-state index contributed by atoms with van der Waals surface area (Å²) in [6.07, 6.45) is 0. The molecule has 0 aliphatic heterocycles. The number of Topliss-reactive ketones (excluding diaryl/α,β-unsaturated/α-hetero) is 1. The predicted molar refractivity (Wildman–Crippen MR) is 56.5 cm³/mol. The number of halogens is 1. The Morgan fingerprint density at radius 1 is 1.54 bits per heavy atom. The van der Waals surface area contributed by atoms with Crippen molar-refractivity contribution in [3.63, 3.8) is 0 Å². The number of hydrogen-bond donors (Lipinski definition) is 1. The lowest BCUT2D eigenvalue weighted by Gasteiger charge is -2.09. The standard InChI is InChI=1S/C10H12BrNO/c1-6-3-4-8(5-9(6)11)10(12)7(2)13/h3-5,10H,12H2,1-2H3. The van der Waals surface area contributed by atoms with Crippen LogP contribution >= 0.6 is 15.9 Å². The zero-order valence-corrected chi connectivity index (χ0v) is 9.26. The number of benzene rings is 1. The van der Waals surface area contributed by atoms with Gasteiger partial charge in [0.25, 0.3) is 0 Å². The van der Waals surface area contributed by atoms with Gasteiger partial charge in [0.1, 0.15) is 0 Å². The highest BCUT2D eigenvalue weighted by molar-refractivity contribution is 9.10. The second kappa shape index (κ2) is 4.03. The Kier molecular flexibility index (Phi) is 3.22. The van der Waals surface area contributed by atoms with Crippen LogP contribution < -0.4 is 5.73 Å². The highest BCUT2D eigenvalue weighted by Crippen LogP contribution is 2.21. The molecule has 13 heavy (non-hydrogen) atoms. The van der Waals surface area contributed by atoms with Gasteiger partial charge < -0.3 is 5.73 Å². The molecular formula is C10H12BrNO. The number of rotatable bonds is 2. The van der Waals surface area contributed by atoms with Crippen LogP contribution in [0.4, 0.5) is 0 Å². The zero-order chi connectivity index (χ0) is 10.0. The molecule has 1 rings (SSSR count). The Balaban J connectivity index is 3.03. The van der Waals surface area contributed by atoms with E-state index in [2.05, 4.69) is 15.9 Å². The van der Waals surface area contributed by atoms with Crippen LogP contribution in [0.2, 0.25) is 0 Å². The summed E-state index contributed by atoms with van der Waals surface area (Å²) >= 11 is 3.40. The van der Waals surface area contributed by atoms with Crippen molar-refractivity contribution in [2.24, 2.45) is 5.73 Å². The van der Waals surface area contributed by atoms with Gasteiger partial charge in [-0.3, -0.25) is 4.79 Å². The second-order valence-corrected chi connectivity index (χ2v) is 3.95. The quantitative estimate of drug-likeness (QED) is 0.864. The van der Waals surface area contributed by atoms with E-state index in [-0.39, 0.29) is 5.78 Å². The molecule has 0 radical (unpaired) electrons. The first-order valence-corrected chi connectivity index (χ1v) is 4.83. The van der Waals surface area contributed by atoms with E-state index in [1.165, 1.54) is 6.92 Å². The normalized spacial score (nSPS) is 12.6. The summed E-state index contributed by atoms with van der Waals surface area (Å²) in [6, 6.07) is 5.22. The molecule has 0 aliphatic carbocycles. The van der Waals surface area contributed by atoms with Crippen LogP contribution in [0.3, 0.4) is 0 Å². The molecule has 1 unspecified atom stereocenters. The minimum absolute atomic E-state index is 0.0178. The number of nitrogens with two attached hydrogens (primary N) is 1. The van der Waals surface area contributed by atoms with Crippen LogP contribution in [-0.4, -0.2) is 5.78 Å². The number of carbonyl (C=O) groups is 1. The fraction of sp³-hybridized carbons (Fsp3) is 0.300. The van der Waals surface area contributed by atoms with Crippen molar-refractivity contribution in [1.29, 1.82) is 0 Å². The Morgan fingerprint density at radius 3 is 2.62 bits per heavy atom. The SMILES string of the molecule is CC(=O)C(N)c1ccc(C)c(Br)c1. The first kappa shape index (κ1) is 10.4. The summed E-state index contributed by atoms with van der Waals surface area (Å²) < 4.78 is 0.988. The number of ketones is 1. The minimum Gasteiger partial charge on any atom is -0.318 e. The van der Waals surface area contributed by atoms with Crippen LogP contribution in [0.5, 0.6) is 0 Å². The fourth-order valence-corrected chi connectivity index (χ4v) is 1.43. The van der Waals surface area contributed by atoms with Gasteiger partial charge in [-0.15, -0.1) is 0 Å². The molecule has 0 heterocycles. The highest BCUT2D eigenvalue weighted by Gasteiger charge is 2.11. The molecule has 0 aromatic heterocycles. The maximum atomic E-state index is 11.0. The van der Waals surface area contributed by atoms with Gasteiger partial charge >= 0.3 is 0 Å². The minimum atomic E-state index is -0.503. The van der Waals surface area contributed by atoms with Crippen LogP contribution in [0.15, 0.2) is 22.7 Å². The van der Waals surface area contributed by atoms with Crippen molar-refractivity contribution < 1.29 is 4.79 Å². The van der Waals surface area contributed by atoms with E-state index in [1.54, 1.807) is 0 Å². The maximum absolute atomic E-state index is 11.0. The molecule has 0 saturated heterocycles. The first-order chi connectivity index (χ1) is 6.02. The topological polar surface area (TPSA) is 43.1 Å². The van der Waals surface area contributed by atoms with E-state index < -0.39 is 6.04 Å². The molecule has 2 nitrogen and oxygen atoms in total. The summed E-state index contributed by atoms with van der Waals surface area (Å²) in [5.41, 5.74) is 7.68. The third-order valence-corrected chi connectivity index (χ3v) is 2.85. The van der Waals surface area contributed by atoms with Crippen LogP contribution in [-0.2, 0) is 4.79 Å². The fourth-order valence-electron chi connectivity index (χ4n) is 1.04. The van der Waals surface area contributed by atoms with Gasteiger partial charge in [-0.05, 0) is 31.0 Å². The molecule has 1 atom stereocenters. The molecule has 2 N–H and O–H groups in total. The van der Waals surface area contributed by atoms with E-state index in [0.29, 0.717) is 0 Å². The van der Waals surface area contributed by atoms with Crippen LogP contribution in [0, 0.1) is 6.92 Å². The van der Waals surface area contributed by atoms with E-state index in [9.17, 15) is 4.79 Å². The third kappa shape index (κ3) is 2.39. The smallest absolute Gasteiger partial charge is 0.150 e. The van der Waals surface area contributed by atoms with E-state index in [4.69, 9.17) is 5.73 Å². The average molecular weight is 242 g/mol. The predicted octanol–water partition coefficient (Wildman–Crippen LogP) is 2.35. The summed E-state index contributed by atoms with van der Waals surface area (Å²) in [5.74, 6) is -0.0178. The van der Waals surface area contributed by atoms with Gasteiger partial charge in [0.05, 0.1) is 6.04 Å². The van der Waals surface area contributed by atoms with Gasteiger partial charge in [-0.1, -0.05) is 28.1 Å². The lowest BCUT2D eigenvalue weighted by atomic mass is 10.0. The third-order valence-electron chi connectivity index (χ3n) is 1.99. The first-order valence-electron chi connectivity index (χ1n) is 4.04. The summed E-state index contributed by atoms with van der Waals surface area (Å²) in [6.45, 7) is 3.49. The number of hydrogen-bond acceptors (Lipinski definition) is 2. The molecule has 70 valence electrons. The molecule has 1 aromatic carbocycles. The van der Waals surface area contributed by atoms with Crippen molar-refractivity contribution in [2.75, 3.05) is 0 Å². The van der Waals surface area contributed by atoms with Gasteiger partial charge in [0.2, 0.25) is 0 Å². The zero-order valence-electron chi connectivity index (χ0n) is 7.67. The van der Waals surface area contributed by atoms with Crippen molar-refractivity contribution >= 4 is 21.7 Å². The molecular weight excluding hydrogens is 230 g/mol. The van der Waals surface area contributed by atoms with E-state index >= 15 is 0 Å². The number of aryl methyl sites for hydroxylation is 1. The molecule has 0 spiro atoms. The van der Waals surface area contributed by atoms with Gasteiger partial charge in [0, 0.05) is 4.47 Å². The Hall–Kier alpha value is -0.670. The maximum Gasteiger partial charge on any atom is 0.150 e. The highest BCUT2D eigenvalue weighted by atomic mass is 79.9. The molecule has 1 aromatic rings. The van der Waals surface area contributed by atoms with E-state index in [1.807, 2.05) is 25.1 Å². The Morgan fingerprint density at radius 2 is 2.15 bits per heavy atom. The summed E-state index contributed by atoms with van der Waals surface area (Å²) in [5, 5.41) is 0. The van der Waals surface area contributed by atoms with Crippen molar-refractivity contribution in [3.8, 4) is 0 Å². The number of carbonyl (C=O) groups excluding carboxylic acids is 1. The van der Waals surface area contributed by atoms with Crippen LogP contribution in [0.25, 0.3) is 0 Å². The van der Waals surface area contributed by atoms with Crippen molar-refractivity contribution in [2.45, 2.75) is 19.9 Å². The monoisotopic (exact) mass is 241 g/mol. The van der Waals surface area contributed by atoms with Gasteiger partial charge in [0.15, 0.2) is 5.78 Å². The second-order valence-electron chi connectivity index (χ2n) is 3.10. The molecule has 0 saturated carbocycles. The van der Waals surface area contributed by atoms with Gasteiger partial charge in [-0.2, -0.15) is 0 Å².